The van der Waals surface area contributed by atoms with E-state index in [-0.39, 0.29) is 0 Å². The average molecular weight is 181 g/mol. The maximum absolute atomic E-state index is 5.97. The Kier molecular flexibility index (Phi) is 2.28. The Balaban J connectivity index is 2.84. The molecule has 2 radical (unpaired) electrons. The van der Waals surface area contributed by atoms with Crippen LogP contribution >= 0.6 is 0 Å². The number of hydrogen-bond donors (Lipinski definition) is 0. The van der Waals surface area contributed by atoms with Crippen LogP contribution in [0, 0.1) is 0 Å². The van der Waals surface area contributed by atoms with Crippen LogP contribution in [-0.2, 0) is 0 Å². The van der Waals surface area contributed by atoms with E-state index in [2.05, 4.69) is 18.8 Å². The van der Waals surface area contributed by atoms with Gasteiger partial charge in [0, 0.05) is 12.4 Å². The molecule has 0 saturated heterocycles. The van der Waals surface area contributed by atoms with Gasteiger partial charge in [-0.25, -0.2) is 0 Å². The van der Waals surface area contributed by atoms with Crippen molar-refractivity contribution >= 4 is 24.1 Å². The predicted octanol–water partition coefficient (Wildman–Crippen LogP) is 2.15. The Morgan fingerprint density at radius 3 is 2.71 bits per heavy atom. The maximum atomic E-state index is 5.97. The largest absolute Gasteiger partial charge is 0.264 e. The molecule has 2 rings (SSSR count). The molecule has 0 atom stereocenters. The molecule has 0 unspecified atom stereocenters. The van der Waals surface area contributed by atoms with E-state index in [1.165, 1.54) is 5.56 Å². The van der Waals surface area contributed by atoms with Crippen LogP contribution < -0.4 is 5.46 Å². The molecule has 0 bridgehead atoms. The molecule has 68 valence electrons. The lowest BCUT2D eigenvalue weighted by atomic mass is 9.86. The zero-order valence-electron chi connectivity index (χ0n) is 8.49. The summed E-state index contributed by atoms with van der Waals surface area (Å²) in [5.41, 5.74) is 2.06. The number of aromatic nitrogens is 1. The van der Waals surface area contributed by atoms with Crippen LogP contribution in [-0.4, -0.2) is 12.8 Å². The van der Waals surface area contributed by atoms with E-state index in [9.17, 15) is 0 Å². The maximum Gasteiger partial charge on any atom is 0.114 e. The number of nitrogens with zero attached hydrogens (tertiary/aromatic N) is 1. The fraction of sp³-hybridized carbons (Fsp3) is 0.250. The zero-order valence-corrected chi connectivity index (χ0v) is 8.49. The third-order valence-electron chi connectivity index (χ3n) is 2.47. The lowest BCUT2D eigenvalue weighted by molar-refractivity contribution is 0.869. The molecule has 2 aromatic rings. The molecule has 1 heterocycles. The summed E-state index contributed by atoms with van der Waals surface area (Å²) in [5, 5.41) is 2.27. The first-order valence-corrected chi connectivity index (χ1v) is 4.82. The number of benzene rings is 1. The molecule has 1 nitrogen and oxygen atoms in total. The second-order valence-electron chi connectivity index (χ2n) is 3.83. The van der Waals surface area contributed by atoms with E-state index in [0.29, 0.717) is 5.92 Å². The van der Waals surface area contributed by atoms with Gasteiger partial charge in [-0.2, -0.15) is 0 Å². The van der Waals surface area contributed by atoms with Crippen molar-refractivity contribution in [2.24, 2.45) is 0 Å². The summed E-state index contributed by atoms with van der Waals surface area (Å²) in [4.78, 5) is 4.22. The van der Waals surface area contributed by atoms with Gasteiger partial charge in [0.25, 0.3) is 0 Å². The average Bonchev–Trinajstić information content (AvgIpc) is 2.17. The lowest BCUT2D eigenvalue weighted by Crippen LogP contribution is -2.07. The first-order chi connectivity index (χ1) is 6.70. The Morgan fingerprint density at radius 2 is 2.00 bits per heavy atom. The highest BCUT2D eigenvalue weighted by atomic mass is 14.6. The Morgan fingerprint density at radius 1 is 1.21 bits per heavy atom. The Labute approximate surface area is 85.6 Å². The Hall–Kier alpha value is -1.31. The molecule has 0 spiro atoms. The number of fused-ring (bicyclic) bond motifs is 1. The zero-order chi connectivity index (χ0) is 10.1. The minimum Gasteiger partial charge on any atom is -0.264 e. The highest BCUT2D eigenvalue weighted by Gasteiger charge is 2.06. The van der Waals surface area contributed by atoms with Crippen LogP contribution in [0.1, 0.15) is 25.3 Å². The van der Waals surface area contributed by atoms with Crippen molar-refractivity contribution in [3.05, 3.63) is 36.2 Å². The summed E-state index contributed by atoms with van der Waals surface area (Å²) in [6, 6.07) is 5.95. The van der Waals surface area contributed by atoms with Crippen LogP contribution in [0.25, 0.3) is 10.8 Å². The van der Waals surface area contributed by atoms with E-state index in [1.54, 1.807) is 0 Å². The number of hydrogen-bond acceptors (Lipinski definition) is 1. The summed E-state index contributed by atoms with van der Waals surface area (Å²) in [6.07, 6.45) is 3.76. The molecular formula is C12H12BN. The normalized spacial score (nSPS) is 11.1. The number of rotatable bonds is 1. The van der Waals surface area contributed by atoms with Gasteiger partial charge in [-0.15, -0.1) is 0 Å². The SMILES string of the molecule is [B]c1cccc2cncc(C(C)C)c12. The van der Waals surface area contributed by atoms with Gasteiger partial charge < -0.3 is 0 Å². The second-order valence-corrected chi connectivity index (χ2v) is 3.83. The van der Waals surface area contributed by atoms with Crippen molar-refractivity contribution in [1.29, 1.82) is 0 Å². The highest BCUT2D eigenvalue weighted by molar-refractivity contribution is 6.39. The molecule has 0 aliphatic heterocycles. The molecule has 1 aromatic carbocycles. The van der Waals surface area contributed by atoms with Crippen LogP contribution in [0.15, 0.2) is 30.6 Å². The standard InChI is InChI=1S/C12H12BN/c1-8(2)10-7-14-6-9-4-3-5-11(13)12(9)10/h3-8H,1-2H3. The van der Waals surface area contributed by atoms with Gasteiger partial charge >= 0.3 is 0 Å². The highest BCUT2D eigenvalue weighted by Crippen LogP contribution is 2.21. The lowest BCUT2D eigenvalue weighted by Gasteiger charge is -2.11. The molecule has 0 N–H and O–H groups in total. The molecule has 0 fully saturated rings. The second kappa shape index (κ2) is 3.45. The van der Waals surface area contributed by atoms with Gasteiger partial charge in [0.2, 0.25) is 0 Å². The third kappa shape index (κ3) is 1.41. The van der Waals surface area contributed by atoms with E-state index >= 15 is 0 Å². The summed E-state index contributed by atoms with van der Waals surface area (Å²) in [5.74, 6) is 0.455. The van der Waals surface area contributed by atoms with Gasteiger partial charge in [-0.3, -0.25) is 4.98 Å². The molecule has 0 amide bonds. The fourth-order valence-corrected chi connectivity index (χ4v) is 1.73. The van der Waals surface area contributed by atoms with Crippen LogP contribution in [0.2, 0.25) is 0 Å². The molecule has 0 aliphatic carbocycles. The summed E-state index contributed by atoms with van der Waals surface area (Å²) < 4.78 is 0. The van der Waals surface area contributed by atoms with Crippen molar-refractivity contribution in [2.45, 2.75) is 19.8 Å². The van der Waals surface area contributed by atoms with Crippen molar-refractivity contribution in [2.75, 3.05) is 0 Å². The smallest absolute Gasteiger partial charge is 0.114 e. The van der Waals surface area contributed by atoms with Gasteiger partial charge in [-0.05, 0) is 22.3 Å². The topological polar surface area (TPSA) is 12.9 Å². The van der Waals surface area contributed by atoms with Crippen LogP contribution in [0.5, 0.6) is 0 Å². The minimum absolute atomic E-state index is 0.455. The third-order valence-corrected chi connectivity index (χ3v) is 2.47. The molecule has 0 saturated carbocycles. The first kappa shape index (κ1) is 9.26. The van der Waals surface area contributed by atoms with E-state index in [0.717, 1.165) is 16.2 Å². The molecule has 0 aliphatic rings. The van der Waals surface area contributed by atoms with Gasteiger partial charge in [0.05, 0.1) is 0 Å². The van der Waals surface area contributed by atoms with E-state index in [4.69, 9.17) is 7.85 Å². The van der Waals surface area contributed by atoms with Crippen molar-refractivity contribution in [1.82, 2.24) is 4.98 Å². The molecule has 1 aromatic heterocycles. The van der Waals surface area contributed by atoms with Crippen LogP contribution in [0.4, 0.5) is 0 Å². The fourth-order valence-electron chi connectivity index (χ4n) is 1.73. The van der Waals surface area contributed by atoms with E-state index < -0.39 is 0 Å². The summed E-state index contributed by atoms with van der Waals surface area (Å²) in [6.45, 7) is 4.31. The van der Waals surface area contributed by atoms with Gasteiger partial charge in [-0.1, -0.05) is 37.5 Å². The van der Waals surface area contributed by atoms with Gasteiger partial charge in [0.1, 0.15) is 7.85 Å². The quantitative estimate of drug-likeness (QED) is 0.614. The summed E-state index contributed by atoms with van der Waals surface area (Å²) >= 11 is 0. The van der Waals surface area contributed by atoms with Crippen molar-refractivity contribution < 1.29 is 0 Å². The minimum atomic E-state index is 0.455. The monoisotopic (exact) mass is 181 g/mol. The van der Waals surface area contributed by atoms with E-state index in [1.807, 2.05) is 30.6 Å². The molecule has 2 heteroatoms. The van der Waals surface area contributed by atoms with Crippen molar-refractivity contribution in [3.63, 3.8) is 0 Å². The summed E-state index contributed by atoms with van der Waals surface area (Å²) in [7, 11) is 5.97. The Bertz CT molecular complexity index is 458. The number of pyridine rings is 1. The van der Waals surface area contributed by atoms with Crippen molar-refractivity contribution in [3.8, 4) is 0 Å². The van der Waals surface area contributed by atoms with Gasteiger partial charge in [0.15, 0.2) is 0 Å². The molecular weight excluding hydrogens is 169 g/mol. The predicted molar refractivity (Wildman–Crippen MR) is 61.2 cm³/mol. The molecule has 14 heavy (non-hydrogen) atoms. The first-order valence-electron chi connectivity index (χ1n) is 4.82. The van der Waals surface area contributed by atoms with Crippen LogP contribution in [0.3, 0.4) is 0 Å².